The molecule has 2 aromatic rings. The van der Waals surface area contributed by atoms with Crippen LogP contribution in [-0.4, -0.2) is 19.1 Å². The Balaban J connectivity index is 2.17. The number of nitrogens with one attached hydrogen (secondary N) is 1. The van der Waals surface area contributed by atoms with Crippen molar-refractivity contribution in [2.45, 2.75) is 33.6 Å². The van der Waals surface area contributed by atoms with E-state index in [1.807, 2.05) is 32.0 Å². The fourth-order valence-electron chi connectivity index (χ4n) is 2.33. The first-order chi connectivity index (χ1) is 12.0. The second-order valence-corrected chi connectivity index (χ2v) is 6.63. The molecule has 0 saturated heterocycles. The van der Waals surface area contributed by atoms with Crippen LogP contribution in [0.15, 0.2) is 40.9 Å². The van der Waals surface area contributed by atoms with Crippen molar-refractivity contribution in [1.82, 2.24) is 0 Å². The number of halogens is 1. The largest absolute Gasteiger partial charge is 0.490 e. The molecule has 0 aromatic heterocycles. The van der Waals surface area contributed by atoms with E-state index in [-0.39, 0.29) is 5.91 Å². The van der Waals surface area contributed by atoms with E-state index in [0.29, 0.717) is 30.3 Å². The first-order valence-electron chi connectivity index (χ1n) is 8.52. The lowest BCUT2D eigenvalue weighted by atomic mass is 10.1. The third-order valence-electron chi connectivity index (χ3n) is 3.70. The van der Waals surface area contributed by atoms with Gasteiger partial charge in [-0.1, -0.05) is 29.3 Å². The van der Waals surface area contributed by atoms with Gasteiger partial charge in [-0.05, 0) is 62.2 Å². The molecule has 0 aliphatic rings. The Bertz CT molecular complexity index is 731. The van der Waals surface area contributed by atoms with Gasteiger partial charge in [-0.25, -0.2) is 0 Å². The Morgan fingerprint density at radius 2 is 1.88 bits per heavy atom. The average Bonchev–Trinajstić information content (AvgIpc) is 2.59. The van der Waals surface area contributed by atoms with Crippen LogP contribution in [0.3, 0.4) is 0 Å². The van der Waals surface area contributed by atoms with Gasteiger partial charge in [-0.3, -0.25) is 4.79 Å². The van der Waals surface area contributed by atoms with Crippen LogP contribution in [0, 0.1) is 6.92 Å². The first-order valence-corrected chi connectivity index (χ1v) is 9.31. The molecule has 0 saturated carbocycles. The minimum absolute atomic E-state index is 0.175. The highest BCUT2D eigenvalue weighted by Gasteiger charge is 2.13. The lowest BCUT2D eigenvalue weighted by molar-refractivity contribution is 0.102. The van der Waals surface area contributed by atoms with Crippen molar-refractivity contribution in [3.05, 3.63) is 52.0 Å². The zero-order valence-electron chi connectivity index (χ0n) is 14.9. The van der Waals surface area contributed by atoms with Crippen LogP contribution in [0.5, 0.6) is 11.5 Å². The number of rotatable bonds is 8. The maximum absolute atomic E-state index is 12.6. The molecular formula is C20H24BrNO3. The molecule has 0 atom stereocenters. The molecule has 0 aliphatic heterocycles. The normalized spacial score (nSPS) is 10.4. The van der Waals surface area contributed by atoms with Gasteiger partial charge in [-0.2, -0.15) is 0 Å². The topological polar surface area (TPSA) is 47.6 Å². The van der Waals surface area contributed by atoms with Gasteiger partial charge in [0, 0.05) is 15.7 Å². The van der Waals surface area contributed by atoms with Gasteiger partial charge in [0.1, 0.15) is 0 Å². The number of carbonyl (C=O) groups excluding carboxylic acids is 1. The Morgan fingerprint density at radius 1 is 1.08 bits per heavy atom. The summed E-state index contributed by atoms with van der Waals surface area (Å²) in [5, 5.41) is 2.94. The van der Waals surface area contributed by atoms with Crippen LogP contribution in [0.2, 0.25) is 0 Å². The first kappa shape index (κ1) is 19.3. The number of aryl methyl sites for hydroxylation is 1. The highest BCUT2D eigenvalue weighted by Crippen LogP contribution is 2.29. The average molecular weight is 406 g/mol. The van der Waals surface area contributed by atoms with E-state index in [2.05, 4.69) is 28.2 Å². The molecule has 2 aromatic carbocycles. The standard InChI is InChI=1S/C20H24BrNO3/c1-4-6-11-25-18-10-7-15(13-19(18)24-5-2)20(23)22-17-9-8-16(21)12-14(17)3/h7-10,12-13H,4-6,11H2,1-3H3,(H,22,23). The fourth-order valence-corrected chi connectivity index (χ4v) is 2.80. The van der Waals surface area contributed by atoms with Gasteiger partial charge < -0.3 is 14.8 Å². The maximum Gasteiger partial charge on any atom is 0.255 e. The summed E-state index contributed by atoms with van der Waals surface area (Å²) >= 11 is 3.42. The minimum Gasteiger partial charge on any atom is -0.490 e. The van der Waals surface area contributed by atoms with E-state index in [1.165, 1.54) is 0 Å². The van der Waals surface area contributed by atoms with Crippen LogP contribution in [-0.2, 0) is 0 Å². The predicted octanol–water partition coefficient (Wildman–Crippen LogP) is 5.59. The van der Waals surface area contributed by atoms with Gasteiger partial charge in [0.15, 0.2) is 11.5 Å². The van der Waals surface area contributed by atoms with Crippen molar-refractivity contribution in [1.29, 1.82) is 0 Å². The monoisotopic (exact) mass is 405 g/mol. The molecule has 1 amide bonds. The Labute approximate surface area is 157 Å². The molecule has 2 rings (SSSR count). The van der Waals surface area contributed by atoms with Crippen LogP contribution >= 0.6 is 15.9 Å². The SMILES string of the molecule is CCCCOc1ccc(C(=O)Nc2ccc(Br)cc2C)cc1OCC. The number of unbranched alkanes of at least 4 members (excludes halogenated alkanes) is 1. The molecular weight excluding hydrogens is 382 g/mol. The quantitative estimate of drug-likeness (QED) is 0.582. The maximum atomic E-state index is 12.6. The summed E-state index contributed by atoms with van der Waals surface area (Å²) in [5.74, 6) is 1.09. The van der Waals surface area contributed by atoms with E-state index >= 15 is 0 Å². The van der Waals surface area contributed by atoms with Gasteiger partial charge in [0.25, 0.3) is 5.91 Å². The third kappa shape index (κ3) is 5.49. The minimum atomic E-state index is -0.175. The van der Waals surface area contributed by atoms with Crippen molar-refractivity contribution in [2.75, 3.05) is 18.5 Å². The second kappa shape index (κ2) is 9.47. The van der Waals surface area contributed by atoms with Gasteiger partial charge in [0.2, 0.25) is 0 Å². The summed E-state index contributed by atoms with van der Waals surface area (Å²) < 4.78 is 12.4. The molecule has 134 valence electrons. The zero-order chi connectivity index (χ0) is 18.2. The number of amides is 1. The van der Waals surface area contributed by atoms with E-state index < -0.39 is 0 Å². The molecule has 0 spiro atoms. The molecule has 0 fully saturated rings. The Kier molecular flexibility index (Phi) is 7.31. The van der Waals surface area contributed by atoms with Gasteiger partial charge >= 0.3 is 0 Å². The second-order valence-electron chi connectivity index (χ2n) is 5.71. The van der Waals surface area contributed by atoms with Crippen LogP contribution in [0.1, 0.15) is 42.6 Å². The molecule has 25 heavy (non-hydrogen) atoms. The van der Waals surface area contributed by atoms with E-state index in [0.717, 1.165) is 28.6 Å². The fraction of sp³-hybridized carbons (Fsp3) is 0.350. The molecule has 0 aliphatic carbocycles. The third-order valence-corrected chi connectivity index (χ3v) is 4.19. The predicted molar refractivity (Wildman–Crippen MR) is 105 cm³/mol. The number of anilines is 1. The highest BCUT2D eigenvalue weighted by atomic mass is 79.9. The van der Waals surface area contributed by atoms with Crippen molar-refractivity contribution in [2.24, 2.45) is 0 Å². The lowest BCUT2D eigenvalue weighted by Crippen LogP contribution is -2.13. The van der Waals surface area contributed by atoms with Crippen molar-refractivity contribution in [3.63, 3.8) is 0 Å². The molecule has 5 heteroatoms. The van der Waals surface area contributed by atoms with E-state index in [4.69, 9.17) is 9.47 Å². The molecule has 0 bridgehead atoms. The highest BCUT2D eigenvalue weighted by molar-refractivity contribution is 9.10. The zero-order valence-corrected chi connectivity index (χ0v) is 16.5. The van der Waals surface area contributed by atoms with Gasteiger partial charge in [0.05, 0.1) is 13.2 Å². The summed E-state index contributed by atoms with van der Waals surface area (Å²) in [7, 11) is 0. The molecule has 1 N–H and O–H groups in total. The molecule has 4 nitrogen and oxygen atoms in total. The Morgan fingerprint density at radius 3 is 2.56 bits per heavy atom. The lowest BCUT2D eigenvalue weighted by Gasteiger charge is -2.14. The van der Waals surface area contributed by atoms with E-state index in [9.17, 15) is 4.79 Å². The van der Waals surface area contributed by atoms with Crippen LogP contribution in [0.25, 0.3) is 0 Å². The summed E-state index contributed by atoms with van der Waals surface area (Å²) in [6.45, 7) is 7.13. The number of hydrogen-bond acceptors (Lipinski definition) is 3. The summed E-state index contributed by atoms with van der Waals surface area (Å²) in [6.07, 6.45) is 2.05. The number of benzene rings is 2. The molecule has 0 unspecified atom stereocenters. The summed E-state index contributed by atoms with van der Waals surface area (Å²) in [4.78, 5) is 12.6. The van der Waals surface area contributed by atoms with Crippen molar-refractivity contribution in [3.8, 4) is 11.5 Å². The van der Waals surface area contributed by atoms with Crippen LogP contribution < -0.4 is 14.8 Å². The van der Waals surface area contributed by atoms with Crippen molar-refractivity contribution < 1.29 is 14.3 Å². The summed E-state index contributed by atoms with van der Waals surface area (Å²) in [5.41, 5.74) is 2.32. The molecule has 0 radical (unpaired) electrons. The van der Waals surface area contributed by atoms with E-state index in [1.54, 1.807) is 18.2 Å². The smallest absolute Gasteiger partial charge is 0.255 e. The number of ether oxygens (including phenoxy) is 2. The molecule has 0 heterocycles. The number of hydrogen-bond donors (Lipinski definition) is 1. The number of carbonyl (C=O) groups is 1. The van der Waals surface area contributed by atoms with Crippen LogP contribution in [0.4, 0.5) is 5.69 Å². The Hall–Kier alpha value is -2.01. The summed E-state index contributed by atoms with van der Waals surface area (Å²) in [6, 6.07) is 11.0. The van der Waals surface area contributed by atoms with Gasteiger partial charge in [-0.15, -0.1) is 0 Å². The van der Waals surface area contributed by atoms with Crippen molar-refractivity contribution >= 4 is 27.5 Å².